The number of amides is 1. The van der Waals surface area contributed by atoms with Gasteiger partial charge < -0.3 is 5.32 Å². The molecule has 1 aliphatic rings. The van der Waals surface area contributed by atoms with Crippen LogP contribution < -0.4 is 5.32 Å². The van der Waals surface area contributed by atoms with Crippen molar-refractivity contribution in [1.82, 2.24) is 5.32 Å². The highest BCUT2D eigenvalue weighted by Gasteiger charge is 2.23. The van der Waals surface area contributed by atoms with Gasteiger partial charge in [0.25, 0.3) is 5.91 Å². The number of hydrogen-bond donors (Lipinski definition) is 1. The topological polar surface area (TPSA) is 29.1 Å². The third-order valence-corrected chi connectivity index (χ3v) is 3.18. The Labute approximate surface area is 89.4 Å². The Morgan fingerprint density at radius 1 is 1.20 bits per heavy atom. The highest BCUT2D eigenvalue weighted by Crippen LogP contribution is 2.25. The van der Waals surface area contributed by atoms with Crippen molar-refractivity contribution in [2.75, 3.05) is 0 Å². The molecule has 15 heavy (non-hydrogen) atoms. The Hall–Kier alpha value is -0.670. The number of carbonyl (C=O) groups is 1. The lowest BCUT2D eigenvalue weighted by Gasteiger charge is -2.23. The van der Waals surface area contributed by atoms with Crippen LogP contribution in [0, 0.1) is 5.92 Å². The van der Waals surface area contributed by atoms with Crippen LogP contribution in [0.4, 0.5) is 8.78 Å². The largest absolute Gasteiger partial charge is 0.348 e. The first-order chi connectivity index (χ1) is 7.11. The lowest BCUT2D eigenvalue weighted by molar-refractivity contribution is -0.132. The molecule has 0 radical (unpaired) electrons. The standard InChI is InChI=1S/C11H19F2NO/c1-8(14-11(15)10(12)13)9-6-4-2-3-5-7-9/h8-10H,2-7H2,1H3,(H,14,15)/t8-/m1/s1. The Morgan fingerprint density at radius 3 is 2.20 bits per heavy atom. The predicted molar refractivity (Wildman–Crippen MR) is 54.8 cm³/mol. The molecule has 0 saturated heterocycles. The van der Waals surface area contributed by atoms with E-state index in [1.54, 1.807) is 0 Å². The van der Waals surface area contributed by atoms with E-state index < -0.39 is 12.3 Å². The molecule has 1 rings (SSSR count). The van der Waals surface area contributed by atoms with E-state index >= 15 is 0 Å². The van der Waals surface area contributed by atoms with E-state index in [1.165, 1.54) is 12.8 Å². The summed E-state index contributed by atoms with van der Waals surface area (Å²) in [6, 6.07) is -0.121. The summed E-state index contributed by atoms with van der Waals surface area (Å²) in [4.78, 5) is 10.8. The van der Waals surface area contributed by atoms with Gasteiger partial charge in [0.15, 0.2) is 0 Å². The maximum atomic E-state index is 12.0. The lowest BCUT2D eigenvalue weighted by Crippen LogP contribution is -2.41. The summed E-state index contributed by atoms with van der Waals surface area (Å²) in [6.45, 7) is 1.83. The smallest absolute Gasteiger partial charge is 0.315 e. The average Bonchev–Trinajstić information content (AvgIpc) is 2.45. The molecule has 0 aliphatic heterocycles. The van der Waals surface area contributed by atoms with Crippen LogP contribution in [0.15, 0.2) is 0 Å². The van der Waals surface area contributed by atoms with Crippen LogP contribution in [0.3, 0.4) is 0 Å². The molecule has 1 N–H and O–H groups in total. The highest BCUT2D eigenvalue weighted by molar-refractivity contribution is 5.79. The van der Waals surface area contributed by atoms with Crippen LogP contribution >= 0.6 is 0 Å². The van der Waals surface area contributed by atoms with Crippen molar-refractivity contribution in [3.8, 4) is 0 Å². The van der Waals surface area contributed by atoms with Crippen molar-refractivity contribution in [1.29, 1.82) is 0 Å². The van der Waals surface area contributed by atoms with Gasteiger partial charge >= 0.3 is 6.43 Å². The number of alkyl halides is 2. The van der Waals surface area contributed by atoms with Crippen LogP contribution in [-0.4, -0.2) is 18.4 Å². The van der Waals surface area contributed by atoms with E-state index in [0.29, 0.717) is 5.92 Å². The van der Waals surface area contributed by atoms with Gasteiger partial charge in [0.2, 0.25) is 0 Å². The van der Waals surface area contributed by atoms with E-state index in [2.05, 4.69) is 5.32 Å². The Bertz CT molecular complexity index is 201. The summed E-state index contributed by atoms with van der Waals surface area (Å²) < 4.78 is 24.0. The molecule has 0 aromatic heterocycles. The van der Waals surface area contributed by atoms with Crippen molar-refractivity contribution in [3.05, 3.63) is 0 Å². The second-order valence-electron chi connectivity index (χ2n) is 4.35. The van der Waals surface area contributed by atoms with Gasteiger partial charge in [-0.15, -0.1) is 0 Å². The Kier molecular flexibility index (Phi) is 4.99. The van der Waals surface area contributed by atoms with Crippen LogP contribution in [0.5, 0.6) is 0 Å². The molecule has 1 saturated carbocycles. The summed E-state index contributed by atoms with van der Waals surface area (Å²) >= 11 is 0. The molecule has 88 valence electrons. The van der Waals surface area contributed by atoms with Crippen molar-refractivity contribution < 1.29 is 13.6 Å². The fraction of sp³-hybridized carbons (Fsp3) is 0.909. The Morgan fingerprint density at radius 2 is 1.73 bits per heavy atom. The van der Waals surface area contributed by atoms with Crippen molar-refractivity contribution >= 4 is 5.91 Å². The fourth-order valence-corrected chi connectivity index (χ4v) is 2.22. The maximum absolute atomic E-state index is 12.0. The van der Waals surface area contributed by atoms with Gasteiger partial charge in [-0.2, -0.15) is 8.78 Å². The second-order valence-corrected chi connectivity index (χ2v) is 4.35. The third-order valence-electron chi connectivity index (χ3n) is 3.18. The van der Waals surface area contributed by atoms with Gasteiger partial charge in [0.05, 0.1) is 0 Å². The zero-order chi connectivity index (χ0) is 11.3. The number of rotatable bonds is 3. The van der Waals surface area contributed by atoms with E-state index in [0.717, 1.165) is 25.7 Å². The molecule has 1 atom stereocenters. The quantitative estimate of drug-likeness (QED) is 0.726. The first kappa shape index (κ1) is 12.4. The summed E-state index contributed by atoms with van der Waals surface area (Å²) in [5, 5.41) is 2.39. The molecular weight excluding hydrogens is 200 g/mol. The molecular formula is C11H19F2NO. The van der Waals surface area contributed by atoms with Crippen molar-refractivity contribution in [3.63, 3.8) is 0 Å². The average molecular weight is 219 g/mol. The summed E-state index contributed by atoms with van der Waals surface area (Å²) in [6.07, 6.45) is 3.96. The molecule has 1 fully saturated rings. The number of carbonyl (C=O) groups excluding carboxylic acids is 1. The monoisotopic (exact) mass is 219 g/mol. The van der Waals surface area contributed by atoms with Gasteiger partial charge in [0.1, 0.15) is 0 Å². The normalized spacial score (nSPS) is 21.1. The number of halogens is 2. The molecule has 2 nitrogen and oxygen atoms in total. The number of nitrogens with one attached hydrogen (secondary N) is 1. The molecule has 1 amide bonds. The number of hydrogen-bond acceptors (Lipinski definition) is 1. The van der Waals surface area contributed by atoms with Crippen LogP contribution in [0.1, 0.15) is 45.4 Å². The molecule has 0 heterocycles. The predicted octanol–water partition coefficient (Wildman–Crippen LogP) is 2.73. The molecule has 0 aromatic carbocycles. The Balaban J connectivity index is 2.37. The maximum Gasteiger partial charge on any atom is 0.315 e. The summed E-state index contributed by atoms with van der Waals surface area (Å²) in [5.41, 5.74) is 0. The van der Waals surface area contributed by atoms with Gasteiger partial charge in [-0.1, -0.05) is 25.7 Å². The minimum Gasteiger partial charge on any atom is -0.348 e. The highest BCUT2D eigenvalue weighted by atomic mass is 19.3. The zero-order valence-corrected chi connectivity index (χ0v) is 9.14. The first-order valence-corrected chi connectivity index (χ1v) is 5.70. The molecule has 0 unspecified atom stereocenters. The lowest BCUT2D eigenvalue weighted by atomic mass is 9.93. The first-order valence-electron chi connectivity index (χ1n) is 5.70. The molecule has 0 aromatic rings. The minimum atomic E-state index is -2.89. The fourth-order valence-electron chi connectivity index (χ4n) is 2.22. The van der Waals surface area contributed by atoms with E-state index in [4.69, 9.17) is 0 Å². The SMILES string of the molecule is C[C@@H](NC(=O)C(F)F)C1CCCCCC1. The van der Waals surface area contributed by atoms with Gasteiger partial charge in [-0.05, 0) is 25.7 Å². The van der Waals surface area contributed by atoms with Crippen LogP contribution in [0.2, 0.25) is 0 Å². The van der Waals surface area contributed by atoms with Crippen molar-refractivity contribution in [2.45, 2.75) is 57.9 Å². The molecule has 1 aliphatic carbocycles. The van der Waals surface area contributed by atoms with Gasteiger partial charge in [0, 0.05) is 6.04 Å². The molecule has 0 bridgehead atoms. The zero-order valence-electron chi connectivity index (χ0n) is 9.14. The van der Waals surface area contributed by atoms with Gasteiger partial charge in [-0.25, -0.2) is 0 Å². The van der Waals surface area contributed by atoms with Crippen LogP contribution in [0.25, 0.3) is 0 Å². The van der Waals surface area contributed by atoms with Gasteiger partial charge in [-0.3, -0.25) is 4.79 Å². The summed E-state index contributed by atoms with van der Waals surface area (Å²) in [5.74, 6) is -0.762. The molecule has 4 heteroatoms. The summed E-state index contributed by atoms with van der Waals surface area (Å²) in [7, 11) is 0. The van der Waals surface area contributed by atoms with Crippen molar-refractivity contribution in [2.24, 2.45) is 5.92 Å². The second kappa shape index (κ2) is 6.03. The van der Waals surface area contributed by atoms with E-state index in [-0.39, 0.29) is 6.04 Å². The molecule has 0 spiro atoms. The van der Waals surface area contributed by atoms with Crippen LogP contribution in [-0.2, 0) is 4.79 Å². The third kappa shape index (κ3) is 4.14. The minimum absolute atomic E-state index is 0.121. The van der Waals surface area contributed by atoms with E-state index in [9.17, 15) is 13.6 Å². The van der Waals surface area contributed by atoms with E-state index in [1.807, 2.05) is 6.92 Å².